The fourth-order valence-electron chi connectivity index (χ4n) is 5.10. The highest BCUT2D eigenvalue weighted by Crippen LogP contribution is 2.37. The molecule has 4 rings (SSSR count). The Morgan fingerprint density at radius 1 is 0.978 bits per heavy atom. The van der Waals surface area contributed by atoms with Gasteiger partial charge in [-0.15, -0.1) is 0 Å². The van der Waals surface area contributed by atoms with Crippen molar-refractivity contribution >= 4 is 28.2 Å². The third-order valence-corrected chi connectivity index (χ3v) is 8.52. The van der Waals surface area contributed by atoms with Gasteiger partial charge in [0.1, 0.15) is 5.60 Å². The van der Waals surface area contributed by atoms with Crippen LogP contribution in [0.5, 0.6) is 0 Å². The second kappa shape index (κ2) is 13.0. The lowest BCUT2D eigenvalue weighted by Gasteiger charge is -2.41. The molecule has 0 aliphatic heterocycles. The van der Waals surface area contributed by atoms with Gasteiger partial charge in [0.05, 0.1) is 17.9 Å². The number of hydroxylamine groups is 2. The van der Waals surface area contributed by atoms with E-state index in [9.17, 15) is 23.1 Å². The first-order valence-corrected chi connectivity index (χ1v) is 15.8. The SMILES string of the molecule is CC(C)(C)O[N+](C=O)(c1cccc(CN(Cc2ccc(-n3cccn3)cc2)S(=O)(=O)c2ccccn2)n1)C(C(=O)O)C(C)(C)C. The smallest absolute Gasteiger partial charge is 0.367 e. The van der Waals surface area contributed by atoms with Gasteiger partial charge in [0.15, 0.2) is 5.03 Å². The van der Waals surface area contributed by atoms with Crippen LogP contribution in [-0.2, 0) is 37.5 Å². The molecule has 0 radical (unpaired) electrons. The second-order valence-electron chi connectivity index (χ2n) is 12.7. The minimum atomic E-state index is -4.12. The van der Waals surface area contributed by atoms with Gasteiger partial charge in [0.25, 0.3) is 15.8 Å². The molecule has 1 N–H and O–H groups in total. The first-order chi connectivity index (χ1) is 21.1. The number of sulfonamides is 1. The van der Waals surface area contributed by atoms with Crippen LogP contribution < -0.4 is 4.65 Å². The average Bonchev–Trinajstić information content (AvgIpc) is 3.51. The summed E-state index contributed by atoms with van der Waals surface area (Å²) in [6.45, 7) is 10.0. The van der Waals surface area contributed by atoms with Gasteiger partial charge >= 0.3 is 12.4 Å². The molecule has 13 heteroatoms. The Labute approximate surface area is 263 Å². The highest BCUT2D eigenvalue weighted by atomic mass is 32.2. The van der Waals surface area contributed by atoms with Gasteiger partial charge in [-0.25, -0.2) is 27.7 Å². The second-order valence-corrected chi connectivity index (χ2v) is 14.6. The number of nitrogens with zero attached hydrogens (tertiary/aromatic N) is 6. The standard InChI is InChI=1S/C32H38N6O6S/c1-31(2,3)29(30(40)41)38(23-39,44-32(4,5)6)27-12-9-11-25(35-27)22-36(45(42,43)28-13-7-8-18-33-28)21-24-14-16-26(17-15-24)37-20-10-19-34-37/h7-20,23,29H,21-22H2,1-6H3/p+1. The predicted octanol–water partition coefficient (Wildman–Crippen LogP) is 4.75. The van der Waals surface area contributed by atoms with Crippen LogP contribution in [0.25, 0.3) is 5.69 Å². The van der Waals surface area contributed by atoms with Crippen LogP contribution in [0.1, 0.15) is 52.8 Å². The largest absolute Gasteiger partial charge is 0.477 e. The number of quaternary nitrogens is 1. The monoisotopic (exact) mass is 635 g/mol. The Morgan fingerprint density at radius 3 is 2.22 bits per heavy atom. The van der Waals surface area contributed by atoms with Crippen LogP contribution in [0.15, 0.2) is 90.3 Å². The van der Waals surface area contributed by atoms with Gasteiger partial charge in [0, 0.05) is 36.6 Å². The van der Waals surface area contributed by atoms with Gasteiger partial charge in [-0.1, -0.05) is 49.7 Å². The minimum absolute atomic E-state index is 0.0125. The molecule has 0 aliphatic rings. The van der Waals surface area contributed by atoms with Gasteiger partial charge in [0.2, 0.25) is 6.04 Å². The third kappa shape index (κ3) is 7.68. The van der Waals surface area contributed by atoms with Crippen molar-refractivity contribution in [2.45, 2.75) is 71.3 Å². The van der Waals surface area contributed by atoms with Crippen molar-refractivity contribution in [1.82, 2.24) is 28.7 Å². The summed E-state index contributed by atoms with van der Waals surface area (Å²) in [6, 6.07) is 17.1. The topological polar surface area (TPSA) is 145 Å². The van der Waals surface area contributed by atoms with E-state index in [0.717, 1.165) is 5.69 Å². The molecule has 0 saturated carbocycles. The average molecular weight is 636 g/mol. The number of carbonyl (C=O) groups is 2. The Kier molecular flexibility index (Phi) is 9.68. The number of amides is 1. The molecule has 45 heavy (non-hydrogen) atoms. The number of aromatic nitrogens is 4. The Bertz CT molecular complexity index is 1720. The van der Waals surface area contributed by atoms with Crippen molar-refractivity contribution in [2.75, 3.05) is 0 Å². The molecule has 2 unspecified atom stereocenters. The van der Waals surface area contributed by atoms with Gasteiger partial charge in [-0.2, -0.15) is 19.2 Å². The molecule has 0 spiro atoms. The van der Waals surface area contributed by atoms with Crippen LogP contribution in [-0.4, -0.2) is 61.6 Å². The number of aliphatic carboxylic acids is 1. The number of hydrogen-bond acceptors (Lipinski definition) is 8. The van der Waals surface area contributed by atoms with E-state index in [4.69, 9.17) is 4.84 Å². The molecular weight excluding hydrogens is 596 g/mol. The predicted molar refractivity (Wildman–Crippen MR) is 168 cm³/mol. The molecule has 2 atom stereocenters. The zero-order valence-corrected chi connectivity index (χ0v) is 27.0. The summed E-state index contributed by atoms with van der Waals surface area (Å²) in [4.78, 5) is 40.6. The van der Waals surface area contributed by atoms with Gasteiger partial charge in [-0.3, -0.25) is 0 Å². The fraction of sp³-hybridized carbons (Fsp3) is 0.344. The van der Waals surface area contributed by atoms with E-state index >= 15 is 0 Å². The van der Waals surface area contributed by atoms with E-state index in [2.05, 4.69) is 15.1 Å². The first-order valence-electron chi connectivity index (χ1n) is 14.3. The molecule has 0 fully saturated rings. The van der Waals surface area contributed by atoms with E-state index in [1.165, 1.54) is 22.6 Å². The van der Waals surface area contributed by atoms with Crippen LogP contribution in [0.2, 0.25) is 0 Å². The summed E-state index contributed by atoms with van der Waals surface area (Å²) >= 11 is 0. The van der Waals surface area contributed by atoms with Gasteiger partial charge in [-0.05, 0) is 62.7 Å². The van der Waals surface area contributed by atoms with E-state index in [1.807, 2.05) is 24.3 Å². The van der Waals surface area contributed by atoms with Crippen LogP contribution in [0.4, 0.5) is 5.82 Å². The molecule has 1 amide bonds. The number of carbonyl (C=O) groups excluding carboxylic acids is 1. The molecule has 3 heterocycles. The Morgan fingerprint density at radius 2 is 1.69 bits per heavy atom. The number of carboxylic acid groups (broad SMARTS) is 1. The van der Waals surface area contributed by atoms with E-state index in [-0.39, 0.29) is 29.6 Å². The van der Waals surface area contributed by atoms with Crippen molar-refractivity contribution in [1.29, 1.82) is 0 Å². The maximum atomic E-state index is 13.9. The molecule has 12 nitrogen and oxygen atoms in total. The molecule has 0 aliphatic carbocycles. The maximum Gasteiger partial charge on any atom is 0.367 e. The van der Waals surface area contributed by atoms with Crippen molar-refractivity contribution in [3.63, 3.8) is 0 Å². The summed E-state index contributed by atoms with van der Waals surface area (Å²) in [7, 11) is -4.12. The lowest BCUT2D eigenvalue weighted by Crippen LogP contribution is -2.66. The maximum absolute atomic E-state index is 13.9. The molecule has 1 aromatic carbocycles. The Hall–Kier alpha value is -4.30. The number of carboxylic acids is 1. The van der Waals surface area contributed by atoms with Crippen molar-refractivity contribution in [2.24, 2.45) is 5.41 Å². The minimum Gasteiger partial charge on any atom is -0.477 e. The quantitative estimate of drug-likeness (QED) is 0.132. The summed E-state index contributed by atoms with van der Waals surface area (Å²) < 4.78 is 29.7. The lowest BCUT2D eigenvalue weighted by atomic mass is 9.85. The zero-order chi connectivity index (χ0) is 33.0. The fourth-order valence-corrected chi connectivity index (χ4v) is 6.43. The van der Waals surface area contributed by atoms with Crippen molar-refractivity contribution in [3.05, 3.63) is 96.6 Å². The molecule has 4 aromatic rings. The van der Waals surface area contributed by atoms with E-state index < -0.39 is 37.7 Å². The first kappa shape index (κ1) is 33.6. The van der Waals surface area contributed by atoms with Crippen LogP contribution >= 0.6 is 0 Å². The lowest BCUT2D eigenvalue weighted by molar-refractivity contribution is -0.238. The van der Waals surface area contributed by atoms with E-state index in [0.29, 0.717) is 12.0 Å². The number of pyridine rings is 2. The van der Waals surface area contributed by atoms with Crippen molar-refractivity contribution < 1.29 is 28.0 Å². The normalized spacial score (nSPS) is 14.6. The molecule has 0 saturated heterocycles. The summed E-state index contributed by atoms with van der Waals surface area (Å²) in [5.74, 6) is -1.23. The molecule has 238 valence electrons. The number of rotatable bonds is 12. The van der Waals surface area contributed by atoms with Crippen molar-refractivity contribution in [3.8, 4) is 5.69 Å². The summed E-state index contributed by atoms with van der Waals surface area (Å²) in [6.07, 6.45) is 5.31. The van der Waals surface area contributed by atoms with Gasteiger partial charge < -0.3 is 5.11 Å². The Balaban J connectivity index is 1.79. The van der Waals surface area contributed by atoms with Crippen LogP contribution in [0, 0.1) is 5.41 Å². The highest BCUT2D eigenvalue weighted by molar-refractivity contribution is 7.89. The zero-order valence-electron chi connectivity index (χ0n) is 26.2. The molecule has 3 aromatic heterocycles. The number of hydrogen-bond donors (Lipinski definition) is 1. The molecule has 0 bridgehead atoms. The summed E-state index contributed by atoms with van der Waals surface area (Å²) in [5, 5.41) is 14.4. The third-order valence-electron chi connectivity index (χ3n) is 6.81. The van der Waals surface area contributed by atoms with E-state index in [1.54, 1.807) is 88.9 Å². The molecular formula is C32H39N6O6S+. The highest BCUT2D eigenvalue weighted by Gasteiger charge is 2.56. The van der Waals surface area contributed by atoms with Crippen LogP contribution in [0.3, 0.4) is 0 Å². The number of benzene rings is 1. The summed E-state index contributed by atoms with van der Waals surface area (Å²) in [5.41, 5.74) is -0.0963.